The van der Waals surface area contributed by atoms with Gasteiger partial charge in [-0.1, -0.05) is 30.0 Å². The monoisotopic (exact) mass is 293 g/mol. The van der Waals surface area contributed by atoms with Crippen LogP contribution in [0.3, 0.4) is 0 Å². The van der Waals surface area contributed by atoms with Gasteiger partial charge in [0.05, 0.1) is 12.4 Å². The van der Waals surface area contributed by atoms with Crippen LogP contribution in [0.1, 0.15) is 30.4 Å². The van der Waals surface area contributed by atoms with Crippen LogP contribution in [0.4, 0.5) is 0 Å². The SMILES string of the molecule is O=S1(=O)CCCCN1Cc1ccccc1C#CCCO. The van der Waals surface area contributed by atoms with E-state index in [2.05, 4.69) is 11.8 Å². The third kappa shape index (κ3) is 3.83. The average Bonchev–Trinajstić information content (AvgIpc) is 2.43. The molecule has 0 aromatic heterocycles. The number of aliphatic hydroxyl groups is 1. The summed E-state index contributed by atoms with van der Waals surface area (Å²) in [5, 5.41) is 8.75. The lowest BCUT2D eigenvalue weighted by Crippen LogP contribution is -2.37. The van der Waals surface area contributed by atoms with Gasteiger partial charge >= 0.3 is 0 Å². The van der Waals surface area contributed by atoms with E-state index in [9.17, 15) is 8.42 Å². The van der Waals surface area contributed by atoms with Crippen molar-refractivity contribution in [3.05, 3.63) is 35.4 Å². The Bertz CT molecular complexity index is 613. The molecule has 0 bridgehead atoms. The van der Waals surface area contributed by atoms with Crippen molar-refractivity contribution in [1.82, 2.24) is 4.31 Å². The van der Waals surface area contributed by atoms with E-state index in [1.165, 1.54) is 0 Å². The Balaban J connectivity index is 2.19. The van der Waals surface area contributed by atoms with Crippen molar-refractivity contribution in [2.45, 2.75) is 25.8 Å². The molecule has 1 fully saturated rings. The van der Waals surface area contributed by atoms with Crippen molar-refractivity contribution in [3.63, 3.8) is 0 Å². The molecule has 20 heavy (non-hydrogen) atoms. The van der Waals surface area contributed by atoms with Gasteiger partial charge < -0.3 is 5.11 Å². The number of hydrogen-bond donors (Lipinski definition) is 1. The van der Waals surface area contributed by atoms with Gasteiger partial charge in [-0.25, -0.2) is 8.42 Å². The molecule has 0 unspecified atom stereocenters. The zero-order chi connectivity index (χ0) is 14.4. The van der Waals surface area contributed by atoms with Gasteiger partial charge in [0.25, 0.3) is 0 Å². The van der Waals surface area contributed by atoms with Gasteiger partial charge in [-0.3, -0.25) is 0 Å². The van der Waals surface area contributed by atoms with Crippen LogP contribution in [-0.4, -0.2) is 36.7 Å². The number of sulfonamides is 1. The van der Waals surface area contributed by atoms with E-state index < -0.39 is 10.0 Å². The lowest BCUT2D eigenvalue weighted by molar-refractivity contribution is 0.305. The van der Waals surface area contributed by atoms with Gasteiger partial charge in [0.15, 0.2) is 0 Å². The van der Waals surface area contributed by atoms with E-state index in [0.717, 1.165) is 24.0 Å². The normalized spacial score (nSPS) is 18.2. The Hall–Kier alpha value is -1.35. The highest BCUT2D eigenvalue weighted by molar-refractivity contribution is 7.89. The van der Waals surface area contributed by atoms with E-state index in [-0.39, 0.29) is 12.4 Å². The molecule has 108 valence electrons. The molecular formula is C15H19NO3S. The number of nitrogens with zero attached hydrogens (tertiary/aromatic N) is 1. The first kappa shape index (κ1) is 15.0. The molecule has 2 rings (SSSR count). The summed E-state index contributed by atoms with van der Waals surface area (Å²) in [6, 6.07) is 7.57. The third-order valence-electron chi connectivity index (χ3n) is 3.28. The van der Waals surface area contributed by atoms with Crippen molar-refractivity contribution in [3.8, 4) is 11.8 Å². The quantitative estimate of drug-likeness (QED) is 0.856. The van der Waals surface area contributed by atoms with E-state index in [4.69, 9.17) is 5.11 Å². The molecule has 0 aliphatic carbocycles. The average molecular weight is 293 g/mol. The first-order valence-corrected chi connectivity index (χ1v) is 8.40. The smallest absolute Gasteiger partial charge is 0.214 e. The van der Waals surface area contributed by atoms with E-state index in [0.29, 0.717) is 19.5 Å². The largest absolute Gasteiger partial charge is 0.395 e. The van der Waals surface area contributed by atoms with Crippen molar-refractivity contribution in [2.24, 2.45) is 0 Å². The second-order valence-electron chi connectivity index (χ2n) is 4.79. The summed E-state index contributed by atoms with van der Waals surface area (Å²) < 4.78 is 25.6. The molecule has 0 spiro atoms. The molecule has 1 aliphatic rings. The van der Waals surface area contributed by atoms with Crippen molar-refractivity contribution >= 4 is 10.0 Å². The van der Waals surface area contributed by atoms with Crippen LogP contribution in [0, 0.1) is 11.8 Å². The predicted molar refractivity (Wildman–Crippen MR) is 78.5 cm³/mol. The molecule has 1 aromatic carbocycles. The van der Waals surface area contributed by atoms with Crippen molar-refractivity contribution < 1.29 is 13.5 Å². The molecule has 0 saturated carbocycles. The zero-order valence-electron chi connectivity index (χ0n) is 11.4. The molecule has 5 heteroatoms. The number of benzene rings is 1. The summed E-state index contributed by atoms with van der Waals surface area (Å²) in [6.45, 7) is 1.00. The molecule has 1 aliphatic heterocycles. The van der Waals surface area contributed by atoms with Gasteiger partial charge in [-0.15, -0.1) is 0 Å². The summed E-state index contributed by atoms with van der Waals surface area (Å²) in [5.74, 6) is 6.12. The van der Waals surface area contributed by atoms with Gasteiger partial charge in [-0.2, -0.15) is 4.31 Å². The molecule has 0 atom stereocenters. The first-order valence-electron chi connectivity index (χ1n) is 6.79. The standard InChI is InChI=1S/C15H19NO3S/c17-11-5-3-8-14-7-1-2-9-15(14)13-16-10-4-6-12-20(16,18)19/h1-2,7,9,17H,4-6,10-13H2. The minimum absolute atomic E-state index is 0.0374. The molecule has 1 N–H and O–H groups in total. The number of rotatable bonds is 3. The summed E-state index contributed by atoms with van der Waals surface area (Å²) >= 11 is 0. The number of aliphatic hydroxyl groups excluding tert-OH is 1. The molecule has 0 radical (unpaired) electrons. The molecular weight excluding hydrogens is 274 g/mol. The highest BCUT2D eigenvalue weighted by Gasteiger charge is 2.25. The first-order chi connectivity index (χ1) is 9.63. The third-order valence-corrected chi connectivity index (χ3v) is 5.18. The molecule has 1 aromatic rings. The van der Waals surface area contributed by atoms with Gasteiger partial charge in [0.1, 0.15) is 0 Å². The van der Waals surface area contributed by atoms with Crippen LogP contribution in [0.2, 0.25) is 0 Å². The van der Waals surface area contributed by atoms with Crippen LogP contribution in [-0.2, 0) is 16.6 Å². The Morgan fingerprint density at radius 1 is 1.25 bits per heavy atom. The van der Waals surface area contributed by atoms with Gasteiger partial charge in [0, 0.05) is 25.1 Å². The van der Waals surface area contributed by atoms with Crippen LogP contribution in [0.15, 0.2) is 24.3 Å². The number of hydrogen-bond acceptors (Lipinski definition) is 3. The summed E-state index contributed by atoms with van der Waals surface area (Å²) in [4.78, 5) is 0. The summed E-state index contributed by atoms with van der Waals surface area (Å²) in [6.07, 6.45) is 2.09. The summed E-state index contributed by atoms with van der Waals surface area (Å²) in [7, 11) is -3.12. The van der Waals surface area contributed by atoms with Crippen LogP contribution in [0.25, 0.3) is 0 Å². The van der Waals surface area contributed by atoms with Crippen LogP contribution >= 0.6 is 0 Å². The minimum atomic E-state index is -3.12. The van der Waals surface area contributed by atoms with Crippen LogP contribution < -0.4 is 0 Å². The minimum Gasteiger partial charge on any atom is -0.395 e. The molecule has 4 nitrogen and oxygen atoms in total. The van der Waals surface area contributed by atoms with Gasteiger partial charge in [-0.05, 0) is 24.5 Å². The predicted octanol–water partition coefficient (Wildman–Crippen LogP) is 1.35. The fraction of sp³-hybridized carbons (Fsp3) is 0.467. The summed E-state index contributed by atoms with van der Waals surface area (Å²) in [5.41, 5.74) is 1.75. The topological polar surface area (TPSA) is 57.6 Å². The van der Waals surface area contributed by atoms with Crippen LogP contribution in [0.5, 0.6) is 0 Å². The Morgan fingerprint density at radius 2 is 2.05 bits per heavy atom. The zero-order valence-corrected chi connectivity index (χ0v) is 12.2. The van der Waals surface area contributed by atoms with E-state index in [1.54, 1.807) is 4.31 Å². The van der Waals surface area contributed by atoms with E-state index in [1.807, 2.05) is 24.3 Å². The van der Waals surface area contributed by atoms with Crippen molar-refractivity contribution in [2.75, 3.05) is 18.9 Å². The lowest BCUT2D eigenvalue weighted by atomic mass is 10.1. The highest BCUT2D eigenvalue weighted by atomic mass is 32.2. The Labute approximate surface area is 120 Å². The Kier molecular flexibility index (Phi) is 5.18. The maximum Gasteiger partial charge on any atom is 0.214 e. The molecule has 1 saturated heterocycles. The van der Waals surface area contributed by atoms with Crippen molar-refractivity contribution in [1.29, 1.82) is 0 Å². The fourth-order valence-corrected chi connectivity index (χ4v) is 3.77. The van der Waals surface area contributed by atoms with E-state index >= 15 is 0 Å². The molecule has 1 heterocycles. The highest BCUT2D eigenvalue weighted by Crippen LogP contribution is 2.19. The Morgan fingerprint density at radius 3 is 2.80 bits per heavy atom. The second kappa shape index (κ2) is 6.89. The second-order valence-corrected chi connectivity index (χ2v) is 6.88. The van der Waals surface area contributed by atoms with Gasteiger partial charge in [0.2, 0.25) is 10.0 Å². The fourth-order valence-electron chi connectivity index (χ4n) is 2.20. The lowest BCUT2D eigenvalue weighted by Gasteiger charge is -2.26. The maximum absolute atomic E-state index is 12.0. The maximum atomic E-state index is 12.0. The molecule has 0 amide bonds.